The summed E-state index contributed by atoms with van der Waals surface area (Å²) in [4.78, 5) is 38.0. The molecule has 1 heterocycles. The lowest BCUT2D eigenvalue weighted by Gasteiger charge is -2.14. The van der Waals surface area contributed by atoms with Crippen molar-refractivity contribution in [2.75, 3.05) is 11.9 Å². The number of carbonyl (C=O) groups excluding carboxylic acids is 2. The molecule has 0 unspecified atom stereocenters. The summed E-state index contributed by atoms with van der Waals surface area (Å²) in [5.41, 5.74) is 1.84. The zero-order valence-corrected chi connectivity index (χ0v) is 18.7. The number of hydrogen-bond donors (Lipinski definition) is 3. The van der Waals surface area contributed by atoms with Gasteiger partial charge < -0.3 is 15.5 Å². The molecule has 1 fully saturated rings. The number of phenols is 1. The van der Waals surface area contributed by atoms with Crippen LogP contribution in [0.5, 0.6) is 5.75 Å². The zero-order valence-electron chi connectivity index (χ0n) is 17.1. The van der Waals surface area contributed by atoms with Crippen molar-refractivity contribution in [2.24, 2.45) is 0 Å². The van der Waals surface area contributed by atoms with Crippen molar-refractivity contribution >= 4 is 57.8 Å². The van der Waals surface area contributed by atoms with Gasteiger partial charge in [-0.1, -0.05) is 60.4 Å². The Kier molecular flexibility index (Phi) is 7.45. The second-order valence-corrected chi connectivity index (χ2v) is 8.64. The monoisotopic (exact) mass is 468 g/mol. The molecule has 9 heteroatoms. The van der Waals surface area contributed by atoms with Crippen molar-refractivity contribution in [1.29, 1.82) is 0 Å². The SMILES string of the molecule is CC(=C/c1ccccc1)/C=C1\SC(=S)N(CCC(=O)Nc2ccc(O)c(C(=O)O)c2)C1=O. The van der Waals surface area contributed by atoms with Crippen LogP contribution >= 0.6 is 24.0 Å². The Labute approximate surface area is 194 Å². The number of thiocarbonyl (C=S) groups is 1. The molecule has 1 aliphatic rings. The number of aromatic hydroxyl groups is 1. The number of anilines is 1. The molecule has 0 saturated carbocycles. The van der Waals surface area contributed by atoms with Crippen molar-refractivity contribution < 1.29 is 24.6 Å². The maximum Gasteiger partial charge on any atom is 0.339 e. The highest BCUT2D eigenvalue weighted by Crippen LogP contribution is 2.32. The van der Waals surface area contributed by atoms with Crippen LogP contribution in [0.25, 0.3) is 6.08 Å². The molecule has 3 N–H and O–H groups in total. The first-order chi connectivity index (χ1) is 15.2. The van der Waals surface area contributed by atoms with Gasteiger partial charge in [0.25, 0.3) is 5.91 Å². The Bertz CT molecular complexity index is 1140. The lowest BCUT2D eigenvalue weighted by Crippen LogP contribution is -2.31. The average Bonchev–Trinajstić information content (AvgIpc) is 3.00. The minimum atomic E-state index is -1.31. The Hall–Kier alpha value is -3.43. The molecule has 2 amide bonds. The van der Waals surface area contributed by atoms with Gasteiger partial charge in [-0.3, -0.25) is 14.5 Å². The summed E-state index contributed by atoms with van der Waals surface area (Å²) in [6.45, 7) is 2.00. The minimum Gasteiger partial charge on any atom is -0.507 e. The molecular weight excluding hydrogens is 448 g/mol. The third-order valence-electron chi connectivity index (χ3n) is 4.50. The van der Waals surface area contributed by atoms with E-state index in [-0.39, 0.29) is 30.1 Å². The van der Waals surface area contributed by atoms with Gasteiger partial charge in [0, 0.05) is 18.7 Å². The van der Waals surface area contributed by atoms with Crippen LogP contribution in [0.2, 0.25) is 0 Å². The Morgan fingerprint density at radius 1 is 1.19 bits per heavy atom. The zero-order chi connectivity index (χ0) is 23.3. The number of carboxylic acid groups (broad SMARTS) is 1. The lowest BCUT2D eigenvalue weighted by atomic mass is 10.1. The van der Waals surface area contributed by atoms with Gasteiger partial charge in [0.1, 0.15) is 15.6 Å². The summed E-state index contributed by atoms with van der Waals surface area (Å²) in [5, 5.41) is 21.2. The number of carboxylic acids is 1. The van der Waals surface area contributed by atoms with Crippen LogP contribution in [0, 0.1) is 0 Å². The second kappa shape index (κ2) is 10.3. The summed E-state index contributed by atoms with van der Waals surface area (Å²) in [6, 6.07) is 13.5. The Morgan fingerprint density at radius 2 is 1.91 bits per heavy atom. The van der Waals surface area contributed by atoms with Gasteiger partial charge in [-0.15, -0.1) is 0 Å². The molecule has 0 bridgehead atoms. The highest BCUT2D eigenvalue weighted by atomic mass is 32.2. The van der Waals surface area contributed by atoms with Crippen molar-refractivity contribution in [3.05, 3.63) is 76.2 Å². The van der Waals surface area contributed by atoms with Gasteiger partial charge in [-0.05, 0) is 42.3 Å². The predicted octanol–water partition coefficient (Wildman–Crippen LogP) is 4.27. The van der Waals surface area contributed by atoms with Gasteiger partial charge in [0.2, 0.25) is 5.91 Å². The fourth-order valence-electron chi connectivity index (χ4n) is 2.98. The fraction of sp³-hybridized carbons (Fsp3) is 0.130. The minimum absolute atomic E-state index is 0.0260. The first-order valence-corrected chi connectivity index (χ1v) is 10.8. The van der Waals surface area contributed by atoms with Crippen LogP contribution in [0.3, 0.4) is 0 Å². The number of carbonyl (C=O) groups is 3. The van der Waals surface area contributed by atoms with Gasteiger partial charge >= 0.3 is 5.97 Å². The van der Waals surface area contributed by atoms with Crippen molar-refractivity contribution in [3.8, 4) is 5.75 Å². The van der Waals surface area contributed by atoms with E-state index in [2.05, 4.69) is 5.32 Å². The van der Waals surface area contributed by atoms with Crippen LogP contribution in [0.4, 0.5) is 5.69 Å². The van der Waals surface area contributed by atoms with Crippen molar-refractivity contribution in [2.45, 2.75) is 13.3 Å². The number of nitrogens with zero attached hydrogens (tertiary/aromatic N) is 1. The molecule has 1 aliphatic heterocycles. The lowest BCUT2D eigenvalue weighted by molar-refractivity contribution is -0.122. The molecule has 7 nitrogen and oxygen atoms in total. The molecule has 0 aliphatic carbocycles. The topological polar surface area (TPSA) is 107 Å². The normalized spacial score (nSPS) is 15.3. The molecule has 0 atom stereocenters. The van der Waals surface area contributed by atoms with E-state index in [0.717, 1.165) is 11.1 Å². The molecule has 164 valence electrons. The predicted molar refractivity (Wildman–Crippen MR) is 128 cm³/mol. The Morgan fingerprint density at radius 3 is 2.59 bits per heavy atom. The molecule has 1 saturated heterocycles. The van der Waals surface area contributed by atoms with E-state index in [1.807, 2.05) is 43.3 Å². The maximum atomic E-state index is 12.7. The third-order valence-corrected chi connectivity index (χ3v) is 5.88. The number of allylic oxidation sites excluding steroid dienone is 2. The largest absolute Gasteiger partial charge is 0.507 e. The number of amides is 2. The molecule has 0 radical (unpaired) electrons. The highest BCUT2D eigenvalue weighted by molar-refractivity contribution is 8.26. The first kappa shape index (κ1) is 23.2. The molecule has 0 aromatic heterocycles. The van der Waals surface area contributed by atoms with Crippen LogP contribution < -0.4 is 5.32 Å². The number of benzene rings is 2. The summed E-state index contributed by atoms with van der Waals surface area (Å²) in [6.07, 6.45) is 3.71. The molecule has 0 spiro atoms. The van der Waals surface area contributed by atoms with Gasteiger partial charge in [0.05, 0.1) is 4.91 Å². The van der Waals surface area contributed by atoms with Crippen molar-refractivity contribution in [3.63, 3.8) is 0 Å². The quantitative estimate of drug-likeness (QED) is 0.317. The van der Waals surface area contributed by atoms with Gasteiger partial charge in [-0.2, -0.15) is 0 Å². The smallest absolute Gasteiger partial charge is 0.339 e. The number of hydrogen-bond acceptors (Lipinski definition) is 6. The van der Waals surface area contributed by atoms with Crippen LogP contribution in [-0.4, -0.2) is 43.8 Å². The summed E-state index contributed by atoms with van der Waals surface area (Å²) in [7, 11) is 0. The third kappa shape index (κ3) is 5.83. The van der Waals surface area contributed by atoms with Crippen LogP contribution in [0.15, 0.2) is 65.1 Å². The fourth-order valence-corrected chi connectivity index (χ4v) is 4.33. The Balaban J connectivity index is 1.61. The standard InChI is InChI=1S/C23H20N2O5S2/c1-14(11-15-5-3-2-4-6-15)12-19-21(28)25(23(31)32-19)10-9-20(27)24-16-7-8-18(26)17(13-16)22(29)30/h2-8,11-13,26H,9-10H2,1H3,(H,24,27)(H,29,30)/b14-11-,19-12-. The number of aromatic carboxylic acids is 1. The van der Waals surface area contributed by atoms with Crippen molar-refractivity contribution in [1.82, 2.24) is 4.90 Å². The molecule has 3 rings (SSSR count). The van der Waals surface area contributed by atoms with Gasteiger partial charge in [0.15, 0.2) is 0 Å². The second-order valence-electron chi connectivity index (χ2n) is 6.97. The average molecular weight is 469 g/mol. The van der Waals surface area contributed by atoms with E-state index >= 15 is 0 Å². The summed E-state index contributed by atoms with van der Waals surface area (Å²) in [5.74, 6) is -2.37. The molecule has 2 aromatic carbocycles. The summed E-state index contributed by atoms with van der Waals surface area (Å²) >= 11 is 6.49. The molecule has 32 heavy (non-hydrogen) atoms. The number of rotatable bonds is 7. The maximum absolute atomic E-state index is 12.7. The van der Waals surface area contributed by atoms with Crippen LogP contribution in [0.1, 0.15) is 29.3 Å². The van der Waals surface area contributed by atoms with E-state index in [0.29, 0.717) is 9.23 Å². The molecule has 2 aromatic rings. The number of nitrogens with one attached hydrogen (secondary N) is 1. The van der Waals surface area contributed by atoms with Gasteiger partial charge in [-0.25, -0.2) is 4.79 Å². The first-order valence-electron chi connectivity index (χ1n) is 9.59. The highest BCUT2D eigenvalue weighted by Gasteiger charge is 2.32. The van der Waals surface area contributed by atoms with E-state index in [1.165, 1.54) is 34.9 Å². The van der Waals surface area contributed by atoms with E-state index in [9.17, 15) is 19.5 Å². The van der Waals surface area contributed by atoms with E-state index < -0.39 is 17.6 Å². The summed E-state index contributed by atoms with van der Waals surface area (Å²) < 4.78 is 0.374. The van der Waals surface area contributed by atoms with Crippen LogP contribution in [-0.2, 0) is 9.59 Å². The molecular formula is C23H20N2O5S2. The van der Waals surface area contributed by atoms with E-state index in [1.54, 1.807) is 6.08 Å². The number of thioether (sulfide) groups is 1. The van der Waals surface area contributed by atoms with E-state index in [4.69, 9.17) is 17.3 Å².